The van der Waals surface area contributed by atoms with Crippen molar-refractivity contribution in [2.75, 3.05) is 26.9 Å². The highest BCUT2D eigenvalue weighted by atomic mass is 32.1. The first-order valence-corrected chi connectivity index (χ1v) is 10.3. The van der Waals surface area contributed by atoms with Gasteiger partial charge in [0.15, 0.2) is 5.11 Å². The molecule has 30 heavy (non-hydrogen) atoms. The lowest BCUT2D eigenvalue weighted by atomic mass is 10.1. The van der Waals surface area contributed by atoms with E-state index in [0.29, 0.717) is 43.5 Å². The minimum Gasteiger partial charge on any atom is -0.494 e. The highest BCUT2D eigenvalue weighted by Crippen LogP contribution is 2.20. The van der Waals surface area contributed by atoms with E-state index in [1.54, 1.807) is 13.4 Å². The topological polar surface area (TPSA) is 79.7 Å². The number of rotatable bonds is 10. The van der Waals surface area contributed by atoms with Crippen molar-refractivity contribution in [2.45, 2.75) is 26.4 Å². The van der Waals surface area contributed by atoms with Crippen molar-refractivity contribution in [2.24, 2.45) is 0 Å². The standard InChI is InChI=1S/C22H27N3O4S/c1-3-28-18-7-8-20-16(13-18)12-17(21(26)24-20)14-25(15-19-6-4-11-29-19)22(30)23-9-5-10-27-2/h4,6-8,11-13H,3,5,9-10,14-15H2,1-2H3,(H,23,30)(H,24,26). The summed E-state index contributed by atoms with van der Waals surface area (Å²) in [6, 6.07) is 11.2. The van der Waals surface area contributed by atoms with Crippen molar-refractivity contribution in [1.29, 1.82) is 0 Å². The third kappa shape index (κ3) is 5.84. The Bertz CT molecular complexity index is 1020. The molecule has 0 amide bonds. The summed E-state index contributed by atoms with van der Waals surface area (Å²) in [7, 11) is 1.67. The number of aromatic nitrogens is 1. The Morgan fingerprint density at radius 2 is 2.13 bits per heavy atom. The predicted octanol–water partition coefficient (Wildman–Crippen LogP) is 3.43. The van der Waals surface area contributed by atoms with Gasteiger partial charge in [-0.25, -0.2) is 0 Å². The molecule has 0 radical (unpaired) electrons. The molecule has 0 spiro atoms. The van der Waals surface area contributed by atoms with Crippen molar-refractivity contribution in [3.8, 4) is 5.75 Å². The fourth-order valence-electron chi connectivity index (χ4n) is 3.12. The van der Waals surface area contributed by atoms with Crippen LogP contribution in [0.25, 0.3) is 10.9 Å². The number of hydrogen-bond donors (Lipinski definition) is 2. The molecule has 0 saturated heterocycles. The first-order chi connectivity index (χ1) is 14.6. The molecule has 8 heteroatoms. The lowest BCUT2D eigenvalue weighted by Crippen LogP contribution is -2.40. The molecule has 0 saturated carbocycles. The zero-order valence-corrected chi connectivity index (χ0v) is 18.1. The molecular weight excluding hydrogens is 402 g/mol. The highest BCUT2D eigenvalue weighted by molar-refractivity contribution is 7.80. The van der Waals surface area contributed by atoms with Crippen molar-refractivity contribution >= 4 is 28.2 Å². The largest absolute Gasteiger partial charge is 0.494 e. The van der Waals surface area contributed by atoms with E-state index >= 15 is 0 Å². The van der Waals surface area contributed by atoms with Gasteiger partial charge in [0.1, 0.15) is 11.5 Å². The quantitative estimate of drug-likeness (QED) is 0.378. The second-order valence-corrected chi connectivity index (χ2v) is 7.21. The van der Waals surface area contributed by atoms with Crippen LogP contribution in [-0.2, 0) is 17.8 Å². The monoisotopic (exact) mass is 429 g/mol. The first kappa shape index (κ1) is 21.9. The summed E-state index contributed by atoms with van der Waals surface area (Å²) in [4.78, 5) is 17.6. The smallest absolute Gasteiger partial charge is 0.253 e. The van der Waals surface area contributed by atoms with E-state index < -0.39 is 0 Å². The number of hydrogen-bond acceptors (Lipinski definition) is 5. The SMILES string of the molecule is CCOc1ccc2[nH]c(=O)c(CN(Cc3ccco3)C(=S)NCCCOC)cc2c1. The maximum Gasteiger partial charge on any atom is 0.253 e. The molecule has 3 aromatic rings. The summed E-state index contributed by atoms with van der Waals surface area (Å²) in [5.74, 6) is 1.54. The number of ether oxygens (including phenoxy) is 2. The Kier molecular flexibility index (Phi) is 7.87. The molecule has 0 aliphatic carbocycles. The predicted molar refractivity (Wildman–Crippen MR) is 121 cm³/mol. The Balaban J connectivity index is 1.82. The van der Waals surface area contributed by atoms with Crippen LogP contribution >= 0.6 is 12.2 Å². The van der Waals surface area contributed by atoms with E-state index in [4.69, 9.17) is 26.1 Å². The summed E-state index contributed by atoms with van der Waals surface area (Å²) in [6.45, 7) is 4.67. The van der Waals surface area contributed by atoms with E-state index in [1.807, 2.05) is 48.2 Å². The average molecular weight is 430 g/mol. The van der Waals surface area contributed by atoms with Crippen LogP contribution < -0.4 is 15.6 Å². The lowest BCUT2D eigenvalue weighted by molar-refractivity contribution is 0.195. The Hall–Kier alpha value is -2.84. The maximum atomic E-state index is 12.7. The molecule has 160 valence electrons. The van der Waals surface area contributed by atoms with Crippen LogP contribution in [0.5, 0.6) is 5.75 Å². The van der Waals surface area contributed by atoms with Crippen LogP contribution in [0, 0.1) is 0 Å². The van der Waals surface area contributed by atoms with Gasteiger partial charge in [0, 0.05) is 36.7 Å². The third-order valence-electron chi connectivity index (χ3n) is 4.58. The van der Waals surface area contributed by atoms with E-state index in [9.17, 15) is 4.79 Å². The van der Waals surface area contributed by atoms with E-state index in [0.717, 1.165) is 28.8 Å². The van der Waals surface area contributed by atoms with Gasteiger partial charge in [-0.3, -0.25) is 4.79 Å². The molecule has 0 fully saturated rings. The number of methoxy groups -OCH3 is 1. The maximum absolute atomic E-state index is 12.7. The molecule has 2 N–H and O–H groups in total. The molecule has 0 unspecified atom stereocenters. The summed E-state index contributed by atoms with van der Waals surface area (Å²) < 4.78 is 16.1. The Morgan fingerprint density at radius 3 is 2.87 bits per heavy atom. The number of pyridine rings is 1. The molecule has 7 nitrogen and oxygen atoms in total. The number of nitrogens with zero attached hydrogens (tertiary/aromatic N) is 1. The van der Waals surface area contributed by atoms with E-state index in [1.165, 1.54) is 0 Å². The fourth-order valence-corrected chi connectivity index (χ4v) is 3.35. The molecule has 2 heterocycles. The molecule has 1 aromatic carbocycles. The number of thiocarbonyl (C=S) groups is 1. The summed E-state index contributed by atoms with van der Waals surface area (Å²) in [6.07, 6.45) is 2.46. The second kappa shape index (κ2) is 10.8. The van der Waals surface area contributed by atoms with Gasteiger partial charge in [0.2, 0.25) is 0 Å². The van der Waals surface area contributed by atoms with Gasteiger partial charge in [-0.1, -0.05) is 0 Å². The number of benzene rings is 1. The molecule has 0 aliphatic heterocycles. The van der Waals surface area contributed by atoms with Gasteiger partial charge in [-0.05, 0) is 62.0 Å². The molecular formula is C22H27N3O4S. The second-order valence-electron chi connectivity index (χ2n) is 6.82. The number of H-pyrrole nitrogens is 1. The van der Waals surface area contributed by atoms with Crippen molar-refractivity contribution in [3.05, 3.63) is 64.3 Å². The van der Waals surface area contributed by atoms with Crippen LogP contribution in [0.3, 0.4) is 0 Å². The Labute approximate surface area is 181 Å². The highest BCUT2D eigenvalue weighted by Gasteiger charge is 2.15. The zero-order valence-electron chi connectivity index (χ0n) is 17.3. The van der Waals surface area contributed by atoms with Crippen LogP contribution in [0.4, 0.5) is 0 Å². The summed E-state index contributed by atoms with van der Waals surface area (Å²) in [5.41, 5.74) is 1.24. The van der Waals surface area contributed by atoms with Crippen LogP contribution in [-0.4, -0.2) is 41.9 Å². The van der Waals surface area contributed by atoms with E-state index in [2.05, 4.69) is 10.3 Å². The number of nitrogens with one attached hydrogen (secondary N) is 2. The van der Waals surface area contributed by atoms with Crippen LogP contribution in [0.2, 0.25) is 0 Å². The number of aromatic amines is 1. The number of furan rings is 1. The molecule has 2 aromatic heterocycles. The summed E-state index contributed by atoms with van der Waals surface area (Å²) in [5, 5.41) is 4.71. The fraction of sp³-hybridized carbons (Fsp3) is 0.364. The van der Waals surface area contributed by atoms with Gasteiger partial charge in [0.25, 0.3) is 5.56 Å². The number of fused-ring (bicyclic) bond motifs is 1. The van der Waals surface area contributed by atoms with Gasteiger partial charge in [-0.2, -0.15) is 0 Å². The van der Waals surface area contributed by atoms with E-state index in [-0.39, 0.29) is 5.56 Å². The molecule has 0 aliphatic rings. The van der Waals surface area contributed by atoms with Crippen molar-refractivity contribution in [1.82, 2.24) is 15.2 Å². The van der Waals surface area contributed by atoms with Gasteiger partial charge in [0.05, 0.1) is 26.0 Å². The minimum absolute atomic E-state index is 0.140. The zero-order chi connectivity index (χ0) is 21.3. The summed E-state index contributed by atoms with van der Waals surface area (Å²) >= 11 is 5.59. The third-order valence-corrected chi connectivity index (χ3v) is 4.98. The van der Waals surface area contributed by atoms with Gasteiger partial charge >= 0.3 is 0 Å². The normalized spacial score (nSPS) is 10.9. The van der Waals surface area contributed by atoms with Gasteiger partial charge < -0.3 is 29.1 Å². The van der Waals surface area contributed by atoms with Gasteiger partial charge in [-0.15, -0.1) is 0 Å². The minimum atomic E-state index is -0.140. The van der Waals surface area contributed by atoms with Crippen LogP contribution in [0.1, 0.15) is 24.7 Å². The first-order valence-electron chi connectivity index (χ1n) is 9.93. The molecule has 0 bridgehead atoms. The lowest BCUT2D eigenvalue weighted by Gasteiger charge is -2.25. The van der Waals surface area contributed by atoms with Crippen molar-refractivity contribution < 1.29 is 13.9 Å². The molecule has 0 atom stereocenters. The van der Waals surface area contributed by atoms with Crippen molar-refractivity contribution in [3.63, 3.8) is 0 Å². The Morgan fingerprint density at radius 1 is 1.27 bits per heavy atom. The van der Waals surface area contributed by atoms with Crippen LogP contribution in [0.15, 0.2) is 51.9 Å². The molecule has 3 rings (SSSR count). The average Bonchev–Trinajstić information content (AvgIpc) is 3.24.